The minimum atomic E-state index is -0.403. The molecule has 1 spiro atoms. The first-order valence-corrected chi connectivity index (χ1v) is 16.5. The summed E-state index contributed by atoms with van der Waals surface area (Å²) in [5.74, 6) is 3.48. The maximum Gasteiger partial charge on any atom is 0.338 e. The van der Waals surface area contributed by atoms with Gasteiger partial charge in [0.15, 0.2) is 0 Å². The van der Waals surface area contributed by atoms with E-state index < -0.39 is 5.72 Å². The van der Waals surface area contributed by atoms with Crippen molar-refractivity contribution in [2.75, 3.05) is 6.54 Å². The summed E-state index contributed by atoms with van der Waals surface area (Å²) in [6.07, 6.45) is 12.7. The predicted molar refractivity (Wildman–Crippen MR) is 159 cm³/mol. The van der Waals surface area contributed by atoms with Crippen LogP contribution in [0.3, 0.4) is 0 Å². The average Bonchev–Trinajstić information content (AvgIpc) is 3.40. The number of allylic oxidation sites excluding steroid dienone is 1. The molecule has 7 rings (SSSR count). The smallest absolute Gasteiger partial charge is 0.338 e. The number of rotatable bonds is 2. The maximum atomic E-state index is 12.9. The average molecular weight is 560 g/mol. The highest BCUT2D eigenvalue weighted by atomic mass is 16.5. The van der Waals surface area contributed by atoms with Crippen LogP contribution in [-0.4, -0.2) is 41.3 Å². The number of esters is 1. The third kappa shape index (κ3) is 4.03. The van der Waals surface area contributed by atoms with Crippen LogP contribution in [-0.2, 0) is 14.3 Å². The van der Waals surface area contributed by atoms with Gasteiger partial charge in [-0.15, -0.1) is 0 Å². The van der Waals surface area contributed by atoms with Crippen molar-refractivity contribution in [1.29, 1.82) is 0 Å². The van der Waals surface area contributed by atoms with Crippen LogP contribution in [0.1, 0.15) is 103 Å². The molecule has 0 aromatic heterocycles. The lowest BCUT2D eigenvalue weighted by Crippen LogP contribution is -2.60. The number of carbonyl (C=O) groups excluding carboxylic acids is 2. The Hall–Kier alpha value is -2.14. The fourth-order valence-electron chi connectivity index (χ4n) is 11.4. The highest BCUT2D eigenvalue weighted by molar-refractivity contribution is 5.89. The lowest BCUT2D eigenvalue weighted by molar-refractivity contribution is -0.200. The fourth-order valence-corrected chi connectivity index (χ4v) is 11.4. The van der Waals surface area contributed by atoms with E-state index in [9.17, 15) is 9.59 Å². The maximum absolute atomic E-state index is 12.9. The topological polar surface area (TPSA) is 55.8 Å². The molecule has 11 atom stereocenters. The van der Waals surface area contributed by atoms with Gasteiger partial charge in [0.25, 0.3) is 0 Å². The van der Waals surface area contributed by atoms with Crippen molar-refractivity contribution in [3.63, 3.8) is 0 Å². The Kier molecular flexibility index (Phi) is 6.54. The van der Waals surface area contributed by atoms with E-state index in [0.29, 0.717) is 41.1 Å². The third-order valence-corrected chi connectivity index (χ3v) is 13.4. The number of carbonyl (C=O) groups is 2. The Bertz CT molecular complexity index is 1240. The van der Waals surface area contributed by atoms with Crippen molar-refractivity contribution in [3.8, 4) is 0 Å². The summed E-state index contributed by atoms with van der Waals surface area (Å²) in [4.78, 5) is 27.7. The van der Waals surface area contributed by atoms with E-state index in [1.807, 2.05) is 30.3 Å². The molecule has 11 unspecified atom stereocenters. The molecule has 3 saturated carbocycles. The number of ether oxygens (including phenoxy) is 2. The Morgan fingerprint density at radius 3 is 2.54 bits per heavy atom. The van der Waals surface area contributed by atoms with Crippen molar-refractivity contribution in [2.24, 2.45) is 46.3 Å². The lowest BCUT2D eigenvalue weighted by atomic mass is 9.46. The molecule has 0 radical (unpaired) electrons. The van der Waals surface area contributed by atoms with Gasteiger partial charge >= 0.3 is 5.97 Å². The van der Waals surface area contributed by atoms with E-state index in [4.69, 9.17) is 9.47 Å². The van der Waals surface area contributed by atoms with Crippen LogP contribution in [0.5, 0.6) is 0 Å². The van der Waals surface area contributed by atoms with Gasteiger partial charge in [-0.3, -0.25) is 4.79 Å². The summed E-state index contributed by atoms with van der Waals surface area (Å²) in [6.45, 7) is 12.4. The Labute approximate surface area is 246 Å². The van der Waals surface area contributed by atoms with Gasteiger partial charge in [-0.05, 0) is 104 Å². The molecule has 2 aliphatic heterocycles. The second-order valence-electron chi connectivity index (χ2n) is 15.3. The molecule has 1 amide bonds. The Balaban J connectivity index is 1.09. The van der Waals surface area contributed by atoms with E-state index in [1.165, 1.54) is 18.4 Å². The molecule has 1 aromatic carbocycles. The zero-order valence-electron chi connectivity index (χ0n) is 25.7. The highest BCUT2D eigenvalue weighted by Crippen LogP contribution is 2.70. The zero-order chi connectivity index (χ0) is 28.7. The van der Waals surface area contributed by atoms with Crippen molar-refractivity contribution >= 4 is 11.9 Å². The van der Waals surface area contributed by atoms with Crippen LogP contribution in [0.25, 0.3) is 0 Å². The molecule has 4 aliphatic carbocycles. The fraction of sp³-hybridized carbons (Fsp3) is 0.722. The van der Waals surface area contributed by atoms with Crippen molar-refractivity contribution in [3.05, 3.63) is 47.5 Å². The van der Waals surface area contributed by atoms with E-state index in [0.717, 1.165) is 51.5 Å². The Morgan fingerprint density at radius 2 is 1.78 bits per heavy atom. The number of hydrogen-bond acceptors (Lipinski definition) is 4. The van der Waals surface area contributed by atoms with Crippen LogP contribution in [0.2, 0.25) is 0 Å². The molecule has 222 valence electrons. The standard InChI is InChI=1S/C36H49NO4/c1-22-13-18-36(37(21-22)24(3)38)23(2)32-31(41-36)20-30-28-12-11-26-19-27(40-33(39)25-9-7-6-8-10-25)14-16-34(26,4)29(28)15-17-35(30,32)5/h6-11,22-23,27-32H,12-21H2,1-5H3. The van der Waals surface area contributed by atoms with Crippen LogP contribution in [0, 0.1) is 46.3 Å². The number of nitrogens with zero attached hydrogens (tertiary/aromatic N) is 1. The molecule has 41 heavy (non-hydrogen) atoms. The van der Waals surface area contributed by atoms with Gasteiger partial charge in [-0.25, -0.2) is 4.79 Å². The summed E-state index contributed by atoms with van der Waals surface area (Å²) >= 11 is 0. The minimum Gasteiger partial charge on any atom is -0.458 e. The summed E-state index contributed by atoms with van der Waals surface area (Å²) in [5, 5.41) is 0. The summed E-state index contributed by atoms with van der Waals surface area (Å²) in [7, 11) is 0. The number of piperidine rings is 1. The monoisotopic (exact) mass is 559 g/mol. The van der Waals surface area contributed by atoms with Gasteiger partial charge in [-0.1, -0.05) is 57.5 Å². The summed E-state index contributed by atoms with van der Waals surface area (Å²) < 4.78 is 13.2. The van der Waals surface area contributed by atoms with E-state index in [1.54, 1.807) is 6.92 Å². The quantitative estimate of drug-likeness (QED) is 0.280. The Morgan fingerprint density at radius 1 is 1.00 bits per heavy atom. The predicted octanol–water partition coefficient (Wildman–Crippen LogP) is 7.41. The third-order valence-electron chi connectivity index (χ3n) is 13.4. The second-order valence-corrected chi connectivity index (χ2v) is 15.3. The molecular weight excluding hydrogens is 510 g/mol. The van der Waals surface area contributed by atoms with Gasteiger partial charge in [0.2, 0.25) is 5.91 Å². The molecule has 1 aromatic rings. The first kappa shape index (κ1) is 27.7. The van der Waals surface area contributed by atoms with Crippen molar-refractivity contribution in [2.45, 2.75) is 110 Å². The van der Waals surface area contributed by atoms with Crippen molar-refractivity contribution in [1.82, 2.24) is 4.90 Å². The van der Waals surface area contributed by atoms with Gasteiger partial charge in [-0.2, -0.15) is 0 Å². The largest absolute Gasteiger partial charge is 0.458 e. The van der Waals surface area contributed by atoms with E-state index in [2.05, 4.69) is 38.7 Å². The molecule has 5 nitrogen and oxygen atoms in total. The highest BCUT2D eigenvalue weighted by Gasteiger charge is 2.69. The summed E-state index contributed by atoms with van der Waals surface area (Å²) in [6, 6.07) is 9.41. The molecular formula is C36H49NO4. The van der Waals surface area contributed by atoms with Crippen LogP contribution < -0.4 is 0 Å². The lowest BCUT2D eigenvalue weighted by Gasteiger charge is -2.59. The van der Waals surface area contributed by atoms with Crippen LogP contribution in [0.15, 0.2) is 42.0 Å². The summed E-state index contributed by atoms with van der Waals surface area (Å²) in [5.41, 5.74) is 2.25. The van der Waals surface area contributed by atoms with E-state index in [-0.39, 0.29) is 34.9 Å². The SMILES string of the molecule is CC(=O)N1CC(C)CCC12OC1CC3C4CC=C5CC(OC(=O)c6ccccc6)CCC5(C)C4CCC3(C)C1C2C. The minimum absolute atomic E-state index is 0.0221. The molecule has 2 heterocycles. The normalized spacial score (nSPS) is 46.7. The van der Waals surface area contributed by atoms with Gasteiger partial charge in [0.1, 0.15) is 11.8 Å². The molecule has 2 saturated heterocycles. The zero-order valence-corrected chi connectivity index (χ0v) is 25.7. The molecule has 6 aliphatic rings. The second kappa shape index (κ2) is 9.69. The first-order chi connectivity index (χ1) is 19.6. The number of amides is 1. The van der Waals surface area contributed by atoms with Gasteiger partial charge in [0.05, 0.1) is 11.7 Å². The van der Waals surface area contributed by atoms with Gasteiger partial charge in [0, 0.05) is 25.8 Å². The van der Waals surface area contributed by atoms with Crippen molar-refractivity contribution < 1.29 is 19.1 Å². The molecule has 0 N–H and O–H groups in total. The number of benzene rings is 1. The van der Waals surface area contributed by atoms with E-state index >= 15 is 0 Å². The molecule has 0 bridgehead atoms. The van der Waals surface area contributed by atoms with Crippen LogP contribution in [0.4, 0.5) is 0 Å². The molecule has 5 heteroatoms. The number of fused-ring (bicyclic) bond motifs is 7. The number of likely N-dealkylation sites (tertiary alicyclic amines) is 1. The molecule has 5 fully saturated rings. The number of hydrogen-bond donors (Lipinski definition) is 0. The van der Waals surface area contributed by atoms with Gasteiger partial charge < -0.3 is 14.4 Å². The first-order valence-electron chi connectivity index (χ1n) is 16.5. The van der Waals surface area contributed by atoms with Crippen LogP contribution >= 0.6 is 0 Å².